The molecule has 2 atom stereocenters. The van der Waals surface area contributed by atoms with Gasteiger partial charge in [0.2, 0.25) is 5.91 Å². The molecule has 1 saturated heterocycles. The lowest BCUT2D eigenvalue weighted by molar-refractivity contribution is -0.116. The summed E-state index contributed by atoms with van der Waals surface area (Å²) in [5, 5.41) is 7.00. The summed E-state index contributed by atoms with van der Waals surface area (Å²) in [4.78, 5) is 19.5. The fourth-order valence-electron chi connectivity index (χ4n) is 4.54. The highest BCUT2D eigenvalue weighted by atomic mass is 32.1. The van der Waals surface area contributed by atoms with E-state index in [1.54, 1.807) is 13.3 Å². The molecule has 2 aromatic heterocycles. The van der Waals surface area contributed by atoms with Gasteiger partial charge in [-0.25, -0.2) is 0 Å². The normalized spacial score (nSPS) is 17.0. The van der Waals surface area contributed by atoms with E-state index in [9.17, 15) is 4.79 Å². The third-order valence-electron chi connectivity index (χ3n) is 6.27. The predicted octanol–water partition coefficient (Wildman–Crippen LogP) is 4.88. The number of para-hydroxylation sites is 3. The Balaban J connectivity index is 1.39. The zero-order valence-corrected chi connectivity index (χ0v) is 20.7. The molecule has 8 heteroatoms. The number of methoxy groups -OCH3 is 1. The highest BCUT2D eigenvalue weighted by molar-refractivity contribution is 7.80. The summed E-state index contributed by atoms with van der Waals surface area (Å²) in [6, 6.07) is 25.3. The van der Waals surface area contributed by atoms with Crippen molar-refractivity contribution in [1.82, 2.24) is 19.8 Å². The Labute approximate surface area is 215 Å². The van der Waals surface area contributed by atoms with Crippen LogP contribution in [0.4, 0.5) is 5.69 Å². The molecule has 36 heavy (non-hydrogen) atoms. The molecule has 2 N–H and O–H groups in total. The first kappa shape index (κ1) is 23.6. The molecular weight excluding hydrogens is 470 g/mol. The second-order valence-electron chi connectivity index (χ2n) is 8.51. The quantitative estimate of drug-likeness (QED) is 0.338. The van der Waals surface area contributed by atoms with Crippen LogP contribution in [0, 0.1) is 0 Å². The monoisotopic (exact) mass is 497 g/mol. The maximum Gasteiger partial charge on any atom is 0.226 e. The van der Waals surface area contributed by atoms with Crippen LogP contribution in [0.15, 0.2) is 97.5 Å². The lowest BCUT2D eigenvalue weighted by Gasteiger charge is -2.27. The zero-order chi connectivity index (χ0) is 24.9. The van der Waals surface area contributed by atoms with Crippen molar-refractivity contribution in [3.63, 3.8) is 0 Å². The number of hydrogen-bond acceptors (Lipinski definition) is 4. The Morgan fingerprint density at radius 3 is 2.61 bits per heavy atom. The first-order valence-corrected chi connectivity index (χ1v) is 12.2. The number of hydrogen-bond donors (Lipinski definition) is 2. The lowest BCUT2D eigenvalue weighted by atomic mass is 9.99. The summed E-state index contributed by atoms with van der Waals surface area (Å²) in [5.41, 5.74) is 3.72. The zero-order valence-electron chi connectivity index (χ0n) is 19.9. The number of amides is 1. The summed E-state index contributed by atoms with van der Waals surface area (Å²) in [5.74, 6) is 0.517. The van der Waals surface area contributed by atoms with E-state index in [4.69, 9.17) is 17.0 Å². The molecule has 0 spiro atoms. The third-order valence-corrected chi connectivity index (χ3v) is 6.62. The highest BCUT2D eigenvalue weighted by Crippen LogP contribution is 2.39. The highest BCUT2D eigenvalue weighted by Gasteiger charge is 2.40. The van der Waals surface area contributed by atoms with Gasteiger partial charge in [0.05, 0.1) is 30.6 Å². The summed E-state index contributed by atoms with van der Waals surface area (Å²) in [7, 11) is 1.59. The van der Waals surface area contributed by atoms with E-state index in [1.807, 2.05) is 66.9 Å². The minimum absolute atomic E-state index is 0.107. The number of anilines is 1. The molecule has 7 nitrogen and oxygen atoms in total. The molecule has 0 saturated carbocycles. The van der Waals surface area contributed by atoms with Crippen molar-refractivity contribution in [3.05, 3.63) is 109 Å². The molecule has 0 radical (unpaired) electrons. The van der Waals surface area contributed by atoms with Crippen molar-refractivity contribution in [2.75, 3.05) is 19.0 Å². The Hall–Kier alpha value is -4.17. The molecule has 2 unspecified atom stereocenters. The number of rotatable bonds is 8. The van der Waals surface area contributed by atoms with Crippen LogP contribution in [-0.2, 0) is 4.79 Å². The number of benzene rings is 2. The van der Waals surface area contributed by atoms with Crippen LogP contribution in [0.2, 0.25) is 0 Å². The van der Waals surface area contributed by atoms with Gasteiger partial charge in [0.25, 0.3) is 0 Å². The second kappa shape index (κ2) is 10.6. The second-order valence-corrected chi connectivity index (χ2v) is 8.89. The molecule has 4 aromatic rings. The maximum atomic E-state index is 12.9. The summed E-state index contributed by atoms with van der Waals surface area (Å²) < 4.78 is 7.45. The molecule has 3 heterocycles. The van der Waals surface area contributed by atoms with Gasteiger partial charge in [0.1, 0.15) is 5.75 Å². The SMILES string of the molecule is COc1ccccc1NC(=O)CCN1C(=S)NC(c2ccccn2)C1c1ccn(-c2ccccc2)c1. The molecule has 182 valence electrons. The first-order valence-electron chi connectivity index (χ1n) is 11.8. The van der Waals surface area contributed by atoms with E-state index in [0.29, 0.717) is 23.1 Å². The number of pyridine rings is 1. The lowest BCUT2D eigenvalue weighted by Crippen LogP contribution is -2.32. The van der Waals surface area contributed by atoms with Crippen molar-refractivity contribution >= 4 is 28.9 Å². The fourth-order valence-corrected chi connectivity index (χ4v) is 4.87. The van der Waals surface area contributed by atoms with E-state index in [1.165, 1.54) is 0 Å². The van der Waals surface area contributed by atoms with Crippen LogP contribution in [0.3, 0.4) is 0 Å². The first-order chi connectivity index (χ1) is 17.6. The van der Waals surface area contributed by atoms with Gasteiger partial charge in [-0.3, -0.25) is 9.78 Å². The van der Waals surface area contributed by atoms with Gasteiger partial charge < -0.3 is 24.8 Å². The number of nitrogens with one attached hydrogen (secondary N) is 2. The topological polar surface area (TPSA) is 71.4 Å². The van der Waals surface area contributed by atoms with E-state index in [0.717, 1.165) is 16.9 Å². The average molecular weight is 498 g/mol. The molecule has 5 rings (SSSR count). The van der Waals surface area contributed by atoms with Gasteiger partial charge in [-0.15, -0.1) is 0 Å². The molecule has 1 aliphatic rings. The van der Waals surface area contributed by atoms with Gasteiger partial charge in [-0.1, -0.05) is 36.4 Å². The van der Waals surface area contributed by atoms with Crippen molar-refractivity contribution in [2.45, 2.75) is 18.5 Å². The van der Waals surface area contributed by atoms with Crippen molar-refractivity contribution in [1.29, 1.82) is 0 Å². The molecule has 0 aliphatic carbocycles. The number of carbonyl (C=O) groups is 1. The van der Waals surface area contributed by atoms with Gasteiger partial charge in [0, 0.05) is 37.2 Å². The number of thiocarbonyl (C=S) groups is 1. The van der Waals surface area contributed by atoms with Crippen molar-refractivity contribution in [2.24, 2.45) is 0 Å². The van der Waals surface area contributed by atoms with Crippen LogP contribution in [0.25, 0.3) is 5.69 Å². The predicted molar refractivity (Wildman–Crippen MR) is 144 cm³/mol. The Morgan fingerprint density at radius 2 is 1.83 bits per heavy atom. The van der Waals surface area contributed by atoms with Gasteiger partial charge in [-0.05, 0) is 60.2 Å². The molecular formula is C28H27N5O2S. The van der Waals surface area contributed by atoms with Crippen LogP contribution >= 0.6 is 12.2 Å². The van der Waals surface area contributed by atoms with Gasteiger partial charge in [-0.2, -0.15) is 0 Å². The summed E-state index contributed by atoms with van der Waals surface area (Å²) >= 11 is 5.74. The minimum Gasteiger partial charge on any atom is -0.495 e. The molecule has 1 aliphatic heterocycles. The molecule has 1 fully saturated rings. The molecule has 0 bridgehead atoms. The maximum absolute atomic E-state index is 12.9. The van der Waals surface area contributed by atoms with Crippen LogP contribution in [-0.4, -0.2) is 39.1 Å². The van der Waals surface area contributed by atoms with Crippen molar-refractivity contribution < 1.29 is 9.53 Å². The number of ether oxygens (including phenoxy) is 1. The number of carbonyl (C=O) groups excluding carboxylic acids is 1. The van der Waals surface area contributed by atoms with Gasteiger partial charge >= 0.3 is 0 Å². The number of aromatic nitrogens is 2. The van der Waals surface area contributed by atoms with Crippen LogP contribution in [0.5, 0.6) is 5.75 Å². The fraction of sp³-hybridized carbons (Fsp3) is 0.179. The largest absolute Gasteiger partial charge is 0.495 e. The average Bonchev–Trinajstić information content (AvgIpc) is 3.53. The Kier molecular flexibility index (Phi) is 6.95. The standard InChI is InChI=1S/C28H27N5O2S/c1-35-24-13-6-5-11-22(24)30-25(34)15-18-33-27(26(31-28(33)36)23-12-7-8-16-29-23)20-14-17-32(19-20)21-9-3-2-4-10-21/h2-14,16-17,19,26-27H,15,18H2,1H3,(H,30,34)(H,31,36). The van der Waals surface area contributed by atoms with Crippen LogP contribution < -0.4 is 15.4 Å². The third kappa shape index (κ3) is 4.94. The number of nitrogens with zero attached hydrogens (tertiary/aromatic N) is 3. The molecule has 1 amide bonds. The Morgan fingerprint density at radius 1 is 1.06 bits per heavy atom. The summed E-state index contributed by atoms with van der Waals surface area (Å²) in [6.07, 6.45) is 6.22. The van der Waals surface area contributed by atoms with Crippen molar-refractivity contribution in [3.8, 4) is 11.4 Å². The van der Waals surface area contributed by atoms with E-state index < -0.39 is 0 Å². The van der Waals surface area contributed by atoms with Gasteiger partial charge in [0.15, 0.2) is 5.11 Å². The molecule has 2 aromatic carbocycles. The van der Waals surface area contributed by atoms with E-state index in [-0.39, 0.29) is 24.4 Å². The Bertz CT molecular complexity index is 1340. The summed E-state index contributed by atoms with van der Waals surface area (Å²) in [6.45, 7) is 0.456. The van der Waals surface area contributed by atoms with E-state index in [2.05, 4.69) is 49.5 Å². The smallest absolute Gasteiger partial charge is 0.226 e. The van der Waals surface area contributed by atoms with Crippen LogP contribution in [0.1, 0.15) is 29.8 Å². The van der Waals surface area contributed by atoms with E-state index >= 15 is 0 Å². The minimum atomic E-state index is -0.136.